The standard InChI is InChI=1S/C13H18N2O/c1-9-3-2-4-12-11(7-8-16)14-13(15(9)12)10-5-6-10/h8-10H,2-7H2,1H3. The molecule has 0 radical (unpaired) electrons. The molecule has 1 aromatic rings. The molecule has 1 fully saturated rings. The summed E-state index contributed by atoms with van der Waals surface area (Å²) in [5, 5.41) is 0. The van der Waals surface area contributed by atoms with Gasteiger partial charge in [-0.25, -0.2) is 4.98 Å². The van der Waals surface area contributed by atoms with Crippen LogP contribution in [0.3, 0.4) is 0 Å². The van der Waals surface area contributed by atoms with E-state index in [-0.39, 0.29) is 0 Å². The first-order valence-corrected chi connectivity index (χ1v) is 6.34. The molecule has 1 aromatic heterocycles. The van der Waals surface area contributed by atoms with E-state index in [9.17, 15) is 4.79 Å². The third-order valence-corrected chi connectivity index (χ3v) is 3.82. The lowest BCUT2D eigenvalue weighted by molar-refractivity contribution is -0.107. The van der Waals surface area contributed by atoms with Crippen molar-refractivity contribution in [3.05, 3.63) is 17.2 Å². The monoisotopic (exact) mass is 218 g/mol. The van der Waals surface area contributed by atoms with E-state index in [4.69, 9.17) is 4.98 Å². The lowest BCUT2D eigenvalue weighted by Crippen LogP contribution is -2.17. The highest BCUT2D eigenvalue weighted by molar-refractivity contribution is 5.54. The minimum atomic E-state index is 0.495. The summed E-state index contributed by atoms with van der Waals surface area (Å²) in [7, 11) is 0. The molecular formula is C13H18N2O. The number of carbonyl (C=O) groups excluding carboxylic acids is 1. The zero-order valence-corrected chi connectivity index (χ0v) is 9.78. The van der Waals surface area contributed by atoms with Gasteiger partial charge in [0.25, 0.3) is 0 Å². The van der Waals surface area contributed by atoms with Gasteiger partial charge in [-0.2, -0.15) is 0 Å². The van der Waals surface area contributed by atoms with Crippen molar-refractivity contribution < 1.29 is 4.79 Å². The van der Waals surface area contributed by atoms with Gasteiger partial charge in [0.05, 0.1) is 5.69 Å². The van der Waals surface area contributed by atoms with Crippen LogP contribution in [0.5, 0.6) is 0 Å². The molecule has 86 valence electrons. The summed E-state index contributed by atoms with van der Waals surface area (Å²) in [5.74, 6) is 1.94. The molecule has 0 bridgehead atoms. The highest BCUT2D eigenvalue weighted by Crippen LogP contribution is 2.43. The van der Waals surface area contributed by atoms with Crippen LogP contribution in [0.15, 0.2) is 0 Å². The number of imidazole rings is 1. The van der Waals surface area contributed by atoms with Crippen LogP contribution in [0.1, 0.15) is 61.8 Å². The SMILES string of the molecule is CC1CCCc2c(CC=O)nc(C3CC3)n21. The van der Waals surface area contributed by atoms with Crippen molar-refractivity contribution in [2.75, 3.05) is 0 Å². The van der Waals surface area contributed by atoms with Crippen molar-refractivity contribution in [3.63, 3.8) is 0 Å². The summed E-state index contributed by atoms with van der Waals surface area (Å²) in [5.41, 5.74) is 2.39. The molecule has 2 aliphatic rings. The molecule has 16 heavy (non-hydrogen) atoms. The summed E-state index contributed by atoms with van der Waals surface area (Å²) in [6.45, 7) is 2.28. The van der Waals surface area contributed by atoms with E-state index in [1.807, 2.05) is 0 Å². The fourth-order valence-electron chi connectivity index (χ4n) is 2.86. The molecule has 3 nitrogen and oxygen atoms in total. The van der Waals surface area contributed by atoms with Crippen LogP contribution in [0.2, 0.25) is 0 Å². The predicted molar refractivity (Wildman–Crippen MR) is 61.6 cm³/mol. The van der Waals surface area contributed by atoms with Gasteiger partial charge in [-0.15, -0.1) is 0 Å². The van der Waals surface area contributed by atoms with Crippen LogP contribution in [0, 0.1) is 0 Å². The van der Waals surface area contributed by atoms with E-state index in [1.165, 1.54) is 37.2 Å². The van der Waals surface area contributed by atoms with E-state index in [0.29, 0.717) is 18.4 Å². The first-order chi connectivity index (χ1) is 7.81. The van der Waals surface area contributed by atoms with Gasteiger partial charge in [-0.1, -0.05) is 0 Å². The Balaban J connectivity index is 2.07. The summed E-state index contributed by atoms with van der Waals surface area (Å²) in [6, 6.07) is 0.576. The lowest BCUT2D eigenvalue weighted by Gasteiger charge is -2.24. The molecule has 1 aliphatic carbocycles. The highest BCUT2D eigenvalue weighted by atomic mass is 16.1. The summed E-state index contributed by atoms with van der Waals surface area (Å²) >= 11 is 0. The molecule has 0 amide bonds. The Hall–Kier alpha value is -1.12. The molecule has 2 heterocycles. The smallest absolute Gasteiger partial charge is 0.126 e. The number of aromatic nitrogens is 2. The van der Waals surface area contributed by atoms with E-state index in [2.05, 4.69) is 11.5 Å². The second-order valence-corrected chi connectivity index (χ2v) is 5.12. The first-order valence-electron chi connectivity index (χ1n) is 6.34. The number of hydrogen-bond acceptors (Lipinski definition) is 2. The average molecular weight is 218 g/mol. The van der Waals surface area contributed by atoms with Crippen molar-refractivity contribution in [1.82, 2.24) is 9.55 Å². The number of carbonyl (C=O) groups is 1. The van der Waals surface area contributed by atoms with Gasteiger partial charge in [0.2, 0.25) is 0 Å². The Kier molecular flexibility index (Phi) is 2.34. The van der Waals surface area contributed by atoms with Gasteiger partial charge in [0.15, 0.2) is 0 Å². The zero-order chi connectivity index (χ0) is 11.1. The Morgan fingerprint density at radius 3 is 2.94 bits per heavy atom. The van der Waals surface area contributed by atoms with Gasteiger partial charge in [0, 0.05) is 24.1 Å². The van der Waals surface area contributed by atoms with Gasteiger partial charge in [-0.05, 0) is 39.0 Å². The largest absolute Gasteiger partial charge is 0.329 e. The topological polar surface area (TPSA) is 34.9 Å². The van der Waals surface area contributed by atoms with E-state index in [1.54, 1.807) is 0 Å². The minimum absolute atomic E-state index is 0.495. The van der Waals surface area contributed by atoms with E-state index < -0.39 is 0 Å². The third kappa shape index (κ3) is 1.49. The Morgan fingerprint density at radius 2 is 2.25 bits per heavy atom. The van der Waals surface area contributed by atoms with Crippen LogP contribution >= 0.6 is 0 Å². The molecule has 0 N–H and O–H groups in total. The number of nitrogens with zero attached hydrogens (tertiary/aromatic N) is 2. The molecular weight excluding hydrogens is 200 g/mol. The second kappa shape index (κ2) is 3.72. The van der Waals surface area contributed by atoms with E-state index in [0.717, 1.165) is 18.4 Å². The normalized spacial score (nSPS) is 24.2. The molecule has 0 saturated heterocycles. The van der Waals surface area contributed by atoms with Gasteiger partial charge >= 0.3 is 0 Å². The quantitative estimate of drug-likeness (QED) is 0.730. The third-order valence-electron chi connectivity index (χ3n) is 3.82. The summed E-state index contributed by atoms with van der Waals surface area (Å²) in [6.07, 6.45) is 7.64. The van der Waals surface area contributed by atoms with Crippen molar-refractivity contribution in [2.45, 2.75) is 57.4 Å². The second-order valence-electron chi connectivity index (χ2n) is 5.12. The molecule has 0 spiro atoms. The molecule has 0 aromatic carbocycles. The number of hydrogen-bond donors (Lipinski definition) is 0. The molecule has 1 saturated carbocycles. The van der Waals surface area contributed by atoms with Crippen LogP contribution in [-0.2, 0) is 17.6 Å². The van der Waals surface area contributed by atoms with Crippen LogP contribution in [0.4, 0.5) is 0 Å². The summed E-state index contributed by atoms with van der Waals surface area (Å²) in [4.78, 5) is 15.4. The zero-order valence-electron chi connectivity index (χ0n) is 9.78. The Bertz CT molecular complexity index is 418. The molecule has 1 atom stereocenters. The van der Waals surface area contributed by atoms with E-state index >= 15 is 0 Å². The van der Waals surface area contributed by atoms with Crippen molar-refractivity contribution in [1.29, 1.82) is 0 Å². The van der Waals surface area contributed by atoms with Crippen molar-refractivity contribution in [3.8, 4) is 0 Å². The van der Waals surface area contributed by atoms with Gasteiger partial charge in [0.1, 0.15) is 12.1 Å². The fraction of sp³-hybridized carbons (Fsp3) is 0.692. The Morgan fingerprint density at radius 1 is 1.44 bits per heavy atom. The lowest BCUT2D eigenvalue weighted by atomic mass is 10.0. The van der Waals surface area contributed by atoms with Crippen LogP contribution < -0.4 is 0 Å². The fourth-order valence-corrected chi connectivity index (χ4v) is 2.86. The average Bonchev–Trinajstić information content (AvgIpc) is 3.04. The van der Waals surface area contributed by atoms with Crippen LogP contribution in [0.25, 0.3) is 0 Å². The van der Waals surface area contributed by atoms with Gasteiger partial charge < -0.3 is 9.36 Å². The number of rotatable bonds is 3. The van der Waals surface area contributed by atoms with Crippen LogP contribution in [-0.4, -0.2) is 15.8 Å². The number of fused-ring (bicyclic) bond motifs is 1. The molecule has 1 aliphatic heterocycles. The predicted octanol–water partition coefficient (Wildman–Crippen LogP) is 2.40. The molecule has 3 rings (SSSR count). The molecule has 3 heteroatoms. The highest BCUT2D eigenvalue weighted by Gasteiger charge is 2.33. The minimum Gasteiger partial charge on any atom is -0.329 e. The summed E-state index contributed by atoms with van der Waals surface area (Å²) < 4.78 is 2.43. The number of aldehydes is 1. The first kappa shape index (κ1) is 10.1. The Labute approximate surface area is 95.9 Å². The van der Waals surface area contributed by atoms with Crippen molar-refractivity contribution in [2.24, 2.45) is 0 Å². The maximum atomic E-state index is 10.7. The van der Waals surface area contributed by atoms with Gasteiger partial charge in [-0.3, -0.25) is 0 Å². The van der Waals surface area contributed by atoms with Crippen molar-refractivity contribution >= 4 is 6.29 Å². The molecule has 1 unspecified atom stereocenters. The maximum Gasteiger partial charge on any atom is 0.126 e. The maximum absolute atomic E-state index is 10.7.